The van der Waals surface area contributed by atoms with Crippen LogP contribution in [-0.4, -0.2) is 98.9 Å². The number of amides is 1. The normalized spacial score (nSPS) is 25.7. The van der Waals surface area contributed by atoms with Crippen LogP contribution in [0.5, 0.6) is 0 Å². The number of piperidine rings is 1. The number of aromatic nitrogens is 4. The van der Waals surface area contributed by atoms with Gasteiger partial charge < -0.3 is 19.5 Å². The first-order valence-corrected chi connectivity index (χ1v) is 17.7. The molecule has 5 aliphatic rings. The van der Waals surface area contributed by atoms with Crippen molar-refractivity contribution in [2.45, 2.75) is 81.7 Å². The Morgan fingerprint density at radius 3 is 2.53 bits per heavy atom. The maximum atomic E-state index is 14.8. The average Bonchev–Trinajstić information content (AvgIpc) is 3.74. The molecule has 1 amide bonds. The third-order valence-electron chi connectivity index (χ3n) is 11.8. The van der Waals surface area contributed by atoms with Crippen LogP contribution >= 0.6 is 0 Å². The Morgan fingerprint density at radius 1 is 1.02 bits per heavy atom. The van der Waals surface area contributed by atoms with Gasteiger partial charge >= 0.3 is 0 Å². The number of ether oxygens (including phenoxy) is 1. The zero-order valence-corrected chi connectivity index (χ0v) is 28.0. The summed E-state index contributed by atoms with van der Waals surface area (Å²) >= 11 is 0. The smallest absolute Gasteiger partial charge is 0.238 e. The summed E-state index contributed by atoms with van der Waals surface area (Å²) in [5, 5.41) is 3.22. The van der Waals surface area contributed by atoms with Crippen LogP contribution in [0.25, 0.3) is 22.3 Å². The molecule has 0 bridgehead atoms. The first-order valence-electron chi connectivity index (χ1n) is 17.7. The topological polar surface area (TPSA) is 91.7 Å². The number of fused-ring (bicyclic) bond motifs is 3. The summed E-state index contributed by atoms with van der Waals surface area (Å²) in [4.78, 5) is 35.2. The second-order valence-electron chi connectivity index (χ2n) is 14.8. The second kappa shape index (κ2) is 11.8. The minimum atomic E-state index is -0.753. The highest BCUT2D eigenvalue weighted by Crippen LogP contribution is 2.52. The maximum absolute atomic E-state index is 14.8. The van der Waals surface area contributed by atoms with Crippen molar-refractivity contribution < 1.29 is 18.3 Å². The summed E-state index contributed by atoms with van der Waals surface area (Å²) in [6.45, 7) is 8.70. The van der Waals surface area contributed by atoms with Gasteiger partial charge in [0.25, 0.3) is 0 Å². The van der Waals surface area contributed by atoms with Gasteiger partial charge in [0.1, 0.15) is 11.7 Å². The van der Waals surface area contributed by atoms with Gasteiger partial charge in [-0.05, 0) is 82.8 Å². The quantitative estimate of drug-likeness (QED) is 0.272. The third-order valence-corrected chi connectivity index (χ3v) is 11.8. The van der Waals surface area contributed by atoms with E-state index in [0.717, 1.165) is 86.4 Å². The van der Waals surface area contributed by atoms with Gasteiger partial charge in [0.2, 0.25) is 5.91 Å². The molecule has 256 valence electrons. The molecule has 1 atom stereocenters. The van der Waals surface area contributed by atoms with Gasteiger partial charge in [-0.25, -0.2) is 18.7 Å². The minimum absolute atomic E-state index is 0.0756. The molecule has 4 aliphatic heterocycles. The SMILES string of the molecule is CC(C)n1cnc2cc(-c3ccc4c(c3)N(C3CC(N5CC[C@@H](F)C5)C3)C(=O)C43CCN(C4COC4)CC3)nc(Nc3ccncc3F)c21. The fourth-order valence-electron chi connectivity index (χ4n) is 8.73. The van der Waals surface area contributed by atoms with E-state index in [2.05, 4.69) is 57.0 Å². The van der Waals surface area contributed by atoms with E-state index in [0.29, 0.717) is 36.6 Å². The summed E-state index contributed by atoms with van der Waals surface area (Å²) in [5.41, 5.74) is 4.86. The average molecular weight is 669 g/mol. The van der Waals surface area contributed by atoms with E-state index in [-0.39, 0.29) is 23.7 Å². The van der Waals surface area contributed by atoms with Crippen LogP contribution in [0.1, 0.15) is 57.6 Å². The van der Waals surface area contributed by atoms with Gasteiger partial charge in [-0.3, -0.25) is 19.6 Å². The number of rotatable bonds is 7. The number of hydrogen-bond acceptors (Lipinski definition) is 8. The van der Waals surface area contributed by atoms with Gasteiger partial charge in [-0.15, -0.1) is 0 Å². The Balaban J connectivity index is 1.10. The Morgan fingerprint density at radius 2 is 1.84 bits per heavy atom. The van der Waals surface area contributed by atoms with Gasteiger partial charge in [-0.1, -0.05) is 12.1 Å². The number of nitrogens with one attached hydrogen (secondary N) is 1. The number of anilines is 3. The van der Waals surface area contributed by atoms with Gasteiger partial charge in [0, 0.05) is 48.7 Å². The summed E-state index contributed by atoms with van der Waals surface area (Å²) in [5.74, 6) is 0.229. The lowest BCUT2D eigenvalue weighted by molar-refractivity contribution is -0.128. The van der Waals surface area contributed by atoms with Crippen molar-refractivity contribution in [2.75, 3.05) is 49.6 Å². The highest BCUT2D eigenvalue weighted by atomic mass is 19.1. The molecule has 0 unspecified atom stereocenters. The number of imidazole rings is 1. The van der Waals surface area contributed by atoms with E-state index in [1.807, 2.05) is 10.6 Å². The Bertz CT molecular complexity index is 1910. The van der Waals surface area contributed by atoms with Gasteiger partial charge in [0.15, 0.2) is 11.6 Å². The molecular formula is C37H42F2N8O2. The van der Waals surface area contributed by atoms with Crippen molar-refractivity contribution in [1.29, 1.82) is 0 Å². The molecule has 12 heteroatoms. The highest BCUT2D eigenvalue weighted by molar-refractivity contribution is 6.09. The van der Waals surface area contributed by atoms with E-state index < -0.39 is 17.4 Å². The number of pyridine rings is 2. The number of likely N-dealkylation sites (tertiary alicyclic amines) is 2. The van der Waals surface area contributed by atoms with Gasteiger partial charge in [-0.2, -0.15) is 0 Å². The molecule has 7 heterocycles. The predicted molar refractivity (Wildman–Crippen MR) is 183 cm³/mol. The van der Waals surface area contributed by atoms with Crippen molar-refractivity contribution in [3.8, 4) is 11.3 Å². The van der Waals surface area contributed by atoms with E-state index in [4.69, 9.17) is 14.7 Å². The summed E-state index contributed by atoms with van der Waals surface area (Å²) < 4.78 is 36.4. The number of hydrogen-bond donors (Lipinski definition) is 1. The third kappa shape index (κ3) is 5.05. The summed E-state index contributed by atoms with van der Waals surface area (Å²) in [6, 6.07) is 10.8. The second-order valence-corrected chi connectivity index (χ2v) is 14.8. The van der Waals surface area contributed by atoms with Crippen molar-refractivity contribution in [1.82, 2.24) is 29.3 Å². The molecule has 4 aromatic rings. The molecule has 3 saturated heterocycles. The number of benzene rings is 1. The maximum Gasteiger partial charge on any atom is 0.238 e. The van der Waals surface area contributed by atoms with Crippen LogP contribution in [0.3, 0.4) is 0 Å². The van der Waals surface area contributed by atoms with Crippen LogP contribution in [0.2, 0.25) is 0 Å². The number of carbonyl (C=O) groups excluding carboxylic acids is 1. The molecular weight excluding hydrogens is 626 g/mol. The first kappa shape index (κ1) is 31.0. The molecule has 1 aromatic carbocycles. The fourth-order valence-corrected chi connectivity index (χ4v) is 8.73. The number of carbonyl (C=O) groups is 1. The zero-order chi connectivity index (χ0) is 33.4. The van der Waals surface area contributed by atoms with Crippen LogP contribution in [0.15, 0.2) is 49.1 Å². The van der Waals surface area contributed by atoms with E-state index >= 15 is 0 Å². The predicted octanol–water partition coefficient (Wildman–Crippen LogP) is 5.61. The van der Waals surface area contributed by atoms with Crippen LogP contribution in [-0.2, 0) is 14.9 Å². The number of nitrogens with zero attached hydrogens (tertiary/aromatic N) is 7. The first-order chi connectivity index (χ1) is 23.8. The molecule has 1 saturated carbocycles. The van der Waals surface area contributed by atoms with Crippen LogP contribution < -0.4 is 10.2 Å². The lowest BCUT2D eigenvalue weighted by Crippen LogP contribution is -2.59. The lowest BCUT2D eigenvalue weighted by atomic mass is 9.73. The monoisotopic (exact) mass is 668 g/mol. The van der Waals surface area contributed by atoms with Crippen LogP contribution in [0.4, 0.5) is 26.0 Å². The Hall–Kier alpha value is -4.00. The van der Waals surface area contributed by atoms with E-state index in [1.165, 1.54) is 6.20 Å². The summed E-state index contributed by atoms with van der Waals surface area (Å²) in [6.07, 6.45) is 7.62. The molecule has 0 radical (unpaired) electrons. The van der Waals surface area contributed by atoms with Gasteiger partial charge in [0.05, 0.1) is 54.1 Å². The van der Waals surface area contributed by atoms with Crippen LogP contribution in [0, 0.1) is 5.82 Å². The summed E-state index contributed by atoms with van der Waals surface area (Å²) in [7, 11) is 0. The molecule has 10 nitrogen and oxygen atoms in total. The standard InChI is InChI=1S/C37H42F2N8O2/c1-22(2)46-21-41-32-16-31(43-35(34(32)46)42-30-5-9-40-17-29(30)39)23-3-4-28-33(13-23)47(26-14-25(15-26)45-10-6-24(38)18-45)36(48)37(28)7-11-44(12-8-37)27-19-49-20-27/h3-5,9,13,16-17,21-22,24-27H,6-8,10-12,14-15,18-20H2,1-2H3,(H,40,42,43)/t24-,25?,26?/m1/s1. The van der Waals surface area contributed by atoms with Crippen molar-refractivity contribution >= 4 is 34.1 Å². The van der Waals surface area contributed by atoms with E-state index in [1.54, 1.807) is 18.6 Å². The lowest BCUT2D eigenvalue weighted by Gasteiger charge is -2.47. The minimum Gasteiger partial charge on any atom is -0.378 e. The van der Waals surface area contributed by atoms with Crippen molar-refractivity contribution in [3.63, 3.8) is 0 Å². The highest BCUT2D eigenvalue weighted by Gasteiger charge is 2.56. The Labute approximate surface area is 284 Å². The molecule has 49 heavy (non-hydrogen) atoms. The Kier molecular flexibility index (Phi) is 7.47. The molecule has 1 N–H and O–H groups in total. The molecule has 9 rings (SSSR count). The molecule has 3 aromatic heterocycles. The fraction of sp³-hybridized carbons (Fsp3) is 0.514. The van der Waals surface area contributed by atoms with Crippen molar-refractivity contribution in [2.24, 2.45) is 0 Å². The molecule has 1 spiro atoms. The molecule has 4 fully saturated rings. The number of alkyl halides is 1. The largest absolute Gasteiger partial charge is 0.378 e. The zero-order valence-electron chi connectivity index (χ0n) is 28.0. The molecule has 1 aliphatic carbocycles. The van der Waals surface area contributed by atoms with E-state index in [9.17, 15) is 13.6 Å². The van der Waals surface area contributed by atoms with Crippen molar-refractivity contribution in [3.05, 3.63) is 60.4 Å². The number of halogens is 2.